The van der Waals surface area contributed by atoms with E-state index in [1.165, 1.54) is 5.69 Å². The summed E-state index contributed by atoms with van der Waals surface area (Å²) in [5, 5.41) is 9.55. The summed E-state index contributed by atoms with van der Waals surface area (Å²) < 4.78 is 2.18. The number of aliphatic hydroxyl groups excluding tert-OH is 1. The predicted molar refractivity (Wildman–Crippen MR) is 98.2 cm³/mol. The Morgan fingerprint density at radius 3 is 2.96 bits per heavy atom. The number of likely N-dealkylation sites (tertiary alicyclic amines) is 1. The molecule has 3 aliphatic rings. The van der Waals surface area contributed by atoms with Gasteiger partial charge in [0, 0.05) is 37.9 Å². The second-order valence-electron chi connectivity index (χ2n) is 7.72. The highest BCUT2D eigenvalue weighted by Crippen LogP contribution is 2.47. The number of hydrogen-bond donors (Lipinski definition) is 1. The number of amides is 1. The van der Waals surface area contributed by atoms with E-state index in [-0.39, 0.29) is 23.5 Å². The van der Waals surface area contributed by atoms with Gasteiger partial charge in [-0.05, 0) is 50.5 Å². The number of aromatic nitrogens is 2. The molecule has 2 aromatic heterocycles. The van der Waals surface area contributed by atoms with Crippen LogP contribution in [0.5, 0.6) is 0 Å². The molecular weight excluding hydrogens is 328 g/mol. The van der Waals surface area contributed by atoms with Crippen LogP contribution in [0.25, 0.3) is 5.82 Å². The number of anilines is 1. The van der Waals surface area contributed by atoms with Gasteiger partial charge < -0.3 is 19.5 Å². The molecule has 1 atom stereocenters. The number of hydrogen-bond acceptors (Lipinski definition) is 4. The van der Waals surface area contributed by atoms with Crippen molar-refractivity contribution >= 4 is 11.6 Å². The standard InChI is InChI=1S/C20H24N4O2/c1-2-24-16-5-3-8-21-18(16)23-9-4-6-17(23)20(24)7-10-22(13-20)19(26)14-11-15(25)12-14/h3-6,8-9,14-15,25H,2,7,10-13H2,1H3. The van der Waals surface area contributed by atoms with Crippen molar-refractivity contribution in [1.82, 2.24) is 14.5 Å². The first-order valence-electron chi connectivity index (χ1n) is 9.52. The normalized spacial score (nSPS) is 29.5. The summed E-state index contributed by atoms with van der Waals surface area (Å²) in [7, 11) is 0. The molecule has 1 N–H and O–H groups in total. The molecule has 0 aromatic carbocycles. The van der Waals surface area contributed by atoms with Crippen LogP contribution in [0.1, 0.15) is 31.9 Å². The molecule has 4 heterocycles. The van der Waals surface area contributed by atoms with Crippen LogP contribution >= 0.6 is 0 Å². The maximum atomic E-state index is 12.9. The van der Waals surface area contributed by atoms with Crippen LogP contribution in [-0.2, 0) is 10.3 Å². The topological polar surface area (TPSA) is 61.6 Å². The highest BCUT2D eigenvalue weighted by atomic mass is 16.3. The molecule has 1 unspecified atom stereocenters. The summed E-state index contributed by atoms with van der Waals surface area (Å²) in [6.07, 6.45) is 5.76. The zero-order chi connectivity index (χ0) is 17.9. The molecule has 6 nitrogen and oxygen atoms in total. The number of fused-ring (bicyclic) bond motifs is 4. The lowest BCUT2D eigenvalue weighted by Crippen LogP contribution is -2.53. The third kappa shape index (κ3) is 2.02. The van der Waals surface area contributed by atoms with Gasteiger partial charge in [0.2, 0.25) is 5.91 Å². The van der Waals surface area contributed by atoms with Gasteiger partial charge in [-0.1, -0.05) is 0 Å². The molecule has 1 amide bonds. The van der Waals surface area contributed by atoms with E-state index < -0.39 is 0 Å². The van der Waals surface area contributed by atoms with Gasteiger partial charge in [-0.15, -0.1) is 0 Å². The second kappa shape index (κ2) is 5.58. The number of carbonyl (C=O) groups excluding carboxylic acids is 1. The zero-order valence-electron chi connectivity index (χ0n) is 15.0. The minimum absolute atomic E-state index is 0.000411. The molecule has 2 aliphatic heterocycles. The minimum atomic E-state index is -0.294. The van der Waals surface area contributed by atoms with Gasteiger partial charge in [-0.3, -0.25) is 4.79 Å². The first kappa shape index (κ1) is 15.9. The summed E-state index contributed by atoms with van der Waals surface area (Å²) >= 11 is 0. The van der Waals surface area contributed by atoms with Gasteiger partial charge in [0.25, 0.3) is 0 Å². The molecule has 2 fully saturated rings. The number of pyridine rings is 1. The first-order valence-corrected chi connectivity index (χ1v) is 9.52. The van der Waals surface area contributed by atoms with Gasteiger partial charge in [0.1, 0.15) is 0 Å². The molecule has 6 heteroatoms. The lowest BCUT2D eigenvalue weighted by Gasteiger charge is -2.47. The molecule has 0 radical (unpaired) electrons. The Morgan fingerprint density at radius 2 is 2.19 bits per heavy atom. The summed E-state index contributed by atoms with van der Waals surface area (Å²) in [6, 6.07) is 8.35. The third-order valence-corrected chi connectivity index (χ3v) is 6.37. The van der Waals surface area contributed by atoms with E-state index in [2.05, 4.69) is 45.8 Å². The van der Waals surface area contributed by atoms with Crippen molar-refractivity contribution in [2.45, 2.75) is 37.8 Å². The molecule has 26 heavy (non-hydrogen) atoms. The average Bonchev–Trinajstić information content (AvgIpc) is 3.28. The SMILES string of the molecule is CCN1c2cccnc2-n2cccc2C12CCN(C(=O)C1CC(O)C1)C2. The number of aliphatic hydroxyl groups is 1. The number of nitrogens with zero attached hydrogens (tertiary/aromatic N) is 4. The molecule has 5 rings (SSSR count). The number of likely N-dealkylation sites (N-methyl/N-ethyl adjacent to an activating group) is 1. The van der Waals surface area contributed by atoms with E-state index in [9.17, 15) is 9.90 Å². The fraction of sp³-hybridized carbons (Fsp3) is 0.500. The highest BCUT2D eigenvalue weighted by molar-refractivity contribution is 5.81. The van der Waals surface area contributed by atoms with Crippen LogP contribution in [0.2, 0.25) is 0 Å². The molecule has 0 bridgehead atoms. The zero-order valence-corrected chi connectivity index (χ0v) is 15.0. The lowest BCUT2D eigenvalue weighted by atomic mass is 9.81. The van der Waals surface area contributed by atoms with Crippen LogP contribution < -0.4 is 4.90 Å². The van der Waals surface area contributed by atoms with E-state index >= 15 is 0 Å². The Hall–Kier alpha value is -2.34. The van der Waals surface area contributed by atoms with Gasteiger partial charge >= 0.3 is 0 Å². The fourth-order valence-corrected chi connectivity index (χ4v) is 5.03. The molecule has 136 valence electrons. The van der Waals surface area contributed by atoms with E-state index in [1.54, 1.807) is 0 Å². The van der Waals surface area contributed by atoms with Crippen molar-refractivity contribution in [1.29, 1.82) is 0 Å². The van der Waals surface area contributed by atoms with Crippen LogP contribution in [0.4, 0.5) is 5.69 Å². The van der Waals surface area contributed by atoms with Crippen molar-refractivity contribution in [2.24, 2.45) is 5.92 Å². The third-order valence-electron chi connectivity index (χ3n) is 6.37. The number of rotatable bonds is 2. The van der Waals surface area contributed by atoms with Gasteiger partial charge in [-0.2, -0.15) is 0 Å². The summed E-state index contributed by atoms with van der Waals surface area (Å²) in [4.78, 5) is 21.9. The minimum Gasteiger partial charge on any atom is -0.393 e. The molecule has 1 spiro atoms. The van der Waals surface area contributed by atoms with Crippen molar-refractivity contribution < 1.29 is 9.90 Å². The monoisotopic (exact) mass is 352 g/mol. The van der Waals surface area contributed by atoms with E-state index in [0.29, 0.717) is 19.4 Å². The number of carbonyl (C=O) groups is 1. The fourth-order valence-electron chi connectivity index (χ4n) is 5.03. The quantitative estimate of drug-likeness (QED) is 0.897. The summed E-state index contributed by atoms with van der Waals surface area (Å²) in [5.41, 5.74) is 2.15. The molecule has 1 saturated heterocycles. The Morgan fingerprint density at radius 1 is 1.35 bits per heavy atom. The molecular formula is C20H24N4O2. The maximum Gasteiger partial charge on any atom is 0.225 e. The maximum absolute atomic E-state index is 12.9. The van der Waals surface area contributed by atoms with Crippen LogP contribution in [-0.4, -0.2) is 51.2 Å². The Bertz CT molecular complexity index is 857. The van der Waals surface area contributed by atoms with Crippen LogP contribution in [0, 0.1) is 5.92 Å². The first-order chi connectivity index (χ1) is 12.6. The van der Waals surface area contributed by atoms with Crippen LogP contribution in [0.15, 0.2) is 36.7 Å². The van der Waals surface area contributed by atoms with Crippen molar-refractivity contribution in [3.63, 3.8) is 0 Å². The van der Waals surface area contributed by atoms with Crippen molar-refractivity contribution in [3.05, 3.63) is 42.4 Å². The second-order valence-corrected chi connectivity index (χ2v) is 7.72. The Balaban J connectivity index is 1.53. The molecule has 1 saturated carbocycles. The van der Waals surface area contributed by atoms with Crippen LogP contribution in [0.3, 0.4) is 0 Å². The van der Waals surface area contributed by atoms with Gasteiger partial charge in [-0.25, -0.2) is 4.98 Å². The van der Waals surface area contributed by atoms with E-state index in [0.717, 1.165) is 31.0 Å². The Kier molecular flexibility index (Phi) is 3.41. The summed E-state index contributed by atoms with van der Waals surface area (Å²) in [6.45, 7) is 4.51. The van der Waals surface area contributed by atoms with E-state index in [4.69, 9.17) is 0 Å². The predicted octanol–water partition coefficient (Wildman–Crippen LogP) is 1.91. The smallest absolute Gasteiger partial charge is 0.225 e. The molecule has 2 aromatic rings. The summed E-state index contributed by atoms with van der Waals surface area (Å²) in [5.74, 6) is 1.17. The Labute approximate surface area is 153 Å². The largest absolute Gasteiger partial charge is 0.393 e. The highest BCUT2D eigenvalue weighted by Gasteiger charge is 2.51. The lowest BCUT2D eigenvalue weighted by molar-refractivity contribution is -0.141. The van der Waals surface area contributed by atoms with Crippen molar-refractivity contribution in [2.75, 3.05) is 24.5 Å². The average molecular weight is 352 g/mol. The van der Waals surface area contributed by atoms with Gasteiger partial charge in [0.15, 0.2) is 5.82 Å². The van der Waals surface area contributed by atoms with Gasteiger partial charge in [0.05, 0.1) is 23.0 Å². The van der Waals surface area contributed by atoms with Crippen molar-refractivity contribution in [3.8, 4) is 5.82 Å². The molecule has 1 aliphatic carbocycles. The van der Waals surface area contributed by atoms with E-state index in [1.807, 2.05) is 17.2 Å².